The molecule has 2 amide bonds. The number of carbonyl (C=O) groups is 2. The summed E-state index contributed by atoms with van der Waals surface area (Å²) in [6, 6.07) is 8.67. The number of halogens is 3. The van der Waals surface area contributed by atoms with Gasteiger partial charge in [0, 0.05) is 17.9 Å². The van der Waals surface area contributed by atoms with Crippen LogP contribution in [0.3, 0.4) is 0 Å². The van der Waals surface area contributed by atoms with Gasteiger partial charge in [0.05, 0.1) is 21.4 Å². The third kappa shape index (κ3) is 5.32. The molecule has 4 N–H and O–H groups in total. The number of anilines is 1. The largest absolute Gasteiger partial charge is 0.416 e. The molecular weight excluding hydrogens is 443 g/mol. The lowest BCUT2D eigenvalue weighted by Gasteiger charge is -2.24. The number of nitrogens with one attached hydrogen (secondary N) is 2. The van der Waals surface area contributed by atoms with Gasteiger partial charge in [-0.3, -0.25) is 9.59 Å². The highest BCUT2D eigenvalue weighted by Gasteiger charge is 2.34. The molecule has 1 atom stereocenters. The molecule has 2 aromatic carbocycles. The average molecular weight is 459 g/mol. The van der Waals surface area contributed by atoms with E-state index in [9.17, 15) is 31.2 Å². The van der Waals surface area contributed by atoms with Gasteiger partial charge in [-0.05, 0) is 35.9 Å². The number of hydrogen-bond donors (Lipinski definition) is 3. The summed E-state index contributed by atoms with van der Waals surface area (Å²) in [4.78, 5) is 24.8. The summed E-state index contributed by atoms with van der Waals surface area (Å²) in [7, 11) is -3.81. The van der Waals surface area contributed by atoms with Crippen LogP contribution < -0.4 is 15.8 Å². The van der Waals surface area contributed by atoms with Gasteiger partial charge in [-0.25, -0.2) is 13.6 Å². The smallest absolute Gasteiger partial charge is 0.352 e. The van der Waals surface area contributed by atoms with E-state index in [1.165, 1.54) is 30.3 Å². The third-order valence-electron chi connectivity index (χ3n) is 4.24. The number of benzene rings is 2. The van der Waals surface area contributed by atoms with Crippen LogP contribution in [0.5, 0.6) is 0 Å². The molecule has 1 aliphatic heterocycles. The van der Waals surface area contributed by atoms with Crippen LogP contribution in [-0.2, 0) is 32.3 Å². The Labute approximate surface area is 174 Å². The minimum atomic E-state index is -4.52. The first-order chi connectivity index (χ1) is 13.9. The van der Waals surface area contributed by atoms with E-state index in [1.807, 2.05) is 0 Å². The van der Waals surface area contributed by atoms with Crippen molar-refractivity contribution in [3.63, 3.8) is 0 Å². The van der Waals surface area contributed by atoms with Crippen molar-refractivity contribution in [1.82, 2.24) is 5.32 Å². The number of amides is 2. The lowest BCUT2D eigenvalue weighted by atomic mass is 10.1. The second-order valence-electron chi connectivity index (χ2n) is 6.47. The SMILES string of the molecule is NS(=O)(=O)c1ccc(CNC(=O)C[C@@H]2Sc3ccc(C(F)(F)F)cc3NC2=O)cc1. The van der Waals surface area contributed by atoms with Crippen LogP contribution in [0.1, 0.15) is 17.5 Å². The van der Waals surface area contributed by atoms with E-state index in [0.717, 1.165) is 23.9 Å². The molecule has 0 aliphatic carbocycles. The number of nitrogens with two attached hydrogens (primary N) is 1. The van der Waals surface area contributed by atoms with Gasteiger partial charge < -0.3 is 10.6 Å². The lowest BCUT2D eigenvalue weighted by molar-refractivity contribution is -0.137. The Hall–Kier alpha value is -2.57. The molecule has 0 bridgehead atoms. The Kier molecular flexibility index (Phi) is 6.11. The van der Waals surface area contributed by atoms with Gasteiger partial charge >= 0.3 is 6.18 Å². The minimum Gasteiger partial charge on any atom is -0.352 e. The van der Waals surface area contributed by atoms with Crippen molar-refractivity contribution < 1.29 is 31.2 Å². The second-order valence-corrected chi connectivity index (χ2v) is 9.28. The Bertz CT molecular complexity index is 1090. The molecular formula is C18H16F3N3O4S2. The molecule has 7 nitrogen and oxygen atoms in total. The summed E-state index contributed by atoms with van der Waals surface area (Å²) in [5.74, 6) is -0.993. The number of thioether (sulfide) groups is 1. The predicted octanol–water partition coefficient (Wildman–Crippen LogP) is 2.47. The Balaban J connectivity index is 1.59. The van der Waals surface area contributed by atoms with Gasteiger partial charge in [0.25, 0.3) is 0 Å². The summed E-state index contributed by atoms with van der Waals surface area (Å²) in [6.07, 6.45) is -4.69. The van der Waals surface area contributed by atoms with E-state index < -0.39 is 38.8 Å². The van der Waals surface area contributed by atoms with E-state index in [1.54, 1.807) is 0 Å². The highest BCUT2D eigenvalue weighted by molar-refractivity contribution is 8.01. The fraction of sp³-hybridized carbons (Fsp3) is 0.222. The molecule has 12 heteroatoms. The summed E-state index contributed by atoms with van der Waals surface area (Å²) in [5.41, 5.74) is -0.181. The maximum Gasteiger partial charge on any atom is 0.416 e. The van der Waals surface area contributed by atoms with Crippen molar-refractivity contribution in [2.24, 2.45) is 5.14 Å². The molecule has 0 fully saturated rings. The second kappa shape index (κ2) is 8.28. The Morgan fingerprint density at radius 2 is 1.83 bits per heavy atom. The van der Waals surface area contributed by atoms with Crippen LogP contribution in [-0.4, -0.2) is 25.5 Å². The molecule has 0 radical (unpaired) electrons. The molecule has 0 saturated carbocycles. The highest BCUT2D eigenvalue weighted by atomic mass is 32.2. The quantitative estimate of drug-likeness (QED) is 0.635. The molecule has 0 saturated heterocycles. The fourth-order valence-corrected chi connectivity index (χ4v) is 4.31. The lowest BCUT2D eigenvalue weighted by Crippen LogP contribution is -2.34. The number of hydrogen-bond acceptors (Lipinski definition) is 5. The molecule has 0 aromatic heterocycles. The zero-order chi connectivity index (χ0) is 22.1. The highest BCUT2D eigenvalue weighted by Crippen LogP contribution is 2.40. The molecule has 0 spiro atoms. The van der Waals surface area contributed by atoms with Crippen molar-refractivity contribution in [3.8, 4) is 0 Å². The normalized spacial score (nSPS) is 16.5. The third-order valence-corrected chi connectivity index (χ3v) is 6.44. The first kappa shape index (κ1) is 22.1. The van der Waals surface area contributed by atoms with Gasteiger partial charge in [-0.15, -0.1) is 11.8 Å². The van der Waals surface area contributed by atoms with Crippen molar-refractivity contribution in [3.05, 3.63) is 53.6 Å². The summed E-state index contributed by atoms with van der Waals surface area (Å²) in [6.45, 7) is 0.105. The summed E-state index contributed by atoms with van der Waals surface area (Å²) in [5, 5.41) is 9.25. The minimum absolute atomic E-state index is 0.0554. The zero-order valence-corrected chi connectivity index (χ0v) is 16.8. The maximum atomic E-state index is 12.8. The van der Waals surface area contributed by atoms with E-state index in [2.05, 4.69) is 10.6 Å². The van der Waals surface area contributed by atoms with E-state index >= 15 is 0 Å². The van der Waals surface area contributed by atoms with Crippen LogP contribution in [0, 0.1) is 0 Å². The Morgan fingerprint density at radius 3 is 2.43 bits per heavy atom. The summed E-state index contributed by atoms with van der Waals surface area (Å²) < 4.78 is 60.9. The monoisotopic (exact) mass is 459 g/mol. The van der Waals surface area contributed by atoms with Gasteiger partial charge in [-0.1, -0.05) is 12.1 Å². The predicted molar refractivity (Wildman–Crippen MR) is 104 cm³/mol. The van der Waals surface area contributed by atoms with Gasteiger partial charge in [0.1, 0.15) is 0 Å². The molecule has 0 unspecified atom stereocenters. The van der Waals surface area contributed by atoms with Crippen molar-refractivity contribution in [2.75, 3.05) is 5.32 Å². The number of rotatable bonds is 5. The van der Waals surface area contributed by atoms with Crippen LogP contribution in [0.15, 0.2) is 52.3 Å². The summed E-state index contributed by atoms with van der Waals surface area (Å²) >= 11 is 1.02. The van der Waals surface area contributed by atoms with Crippen LogP contribution in [0.2, 0.25) is 0 Å². The van der Waals surface area contributed by atoms with Gasteiger partial charge in [0.2, 0.25) is 21.8 Å². The van der Waals surface area contributed by atoms with Crippen molar-refractivity contribution >= 4 is 39.3 Å². The molecule has 1 heterocycles. The molecule has 160 valence electrons. The van der Waals surface area contributed by atoms with Crippen molar-refractivity contribution in [2.45, 2.75) is 34.2 Å². The van der Waals surface area contributed by atoms with Gasteiger partial charge in [-0.2, -0.15) is 13.2 Å². The number of alkyl halides is 3. The average Bonchev–Trinajstić information content (AvgIpc) is 2.65. The molecule has 3 rings (SSSR count). The Morgan fingerprint density at radius 1 is 1.17 bits per heavy atom. The van der Waals surface area contributed by atoms with Crippen molar-refractivity contribution in [1.29, 1.82) is 0 Å². The first-order valence-corrected chi connectivity index (χ1v) is 10.9. The fourth-order valence-electron chi connectivity index (χ4n) is 2.70. The molecule has 30 heavy (non-hydrogen) atoms. The number of carbonyl (C=O) groups excluding carboxylic acids is 2. The zero-order valence-electron chi connectivity index (χ0n) is 15.2. The van der Waals surface area contributed by atoms with Crippen LogP contribution >= 0.6 is 11.8 Å². The first-order valence-electron chi connectivity index (χ1n) is 8.51. The van der Waals surface area contributed by atoms with Gasteiger partial charge in [0.15, 0.2) is 0 Å². The van der Waals surface area contributed by atoms with Crippen LogP contribution in [0.25, 0.3) is 0 Å². The van der Waals surface area contributed by atoms with E-state index in [-0.39, 0.29) is 23.5 Å². The number of sulfonamides is 1. The topological polar surface area (TPSA) is 118 Å². The molecule has 1 aliphatic rings. The van der Waals surface area contributed by atoms with Crippen LogP contribution in [0.4, 0.5) is 18.9 Å². The number of primary sulfonamides is 1. The number of fused-ring (bicyclic) bond motifs is 1. The molecule has 2 aromatic rings. The standard InChI is InChI=1S/C18H16F3N3O4S2/c19-18(20,21)11-3-6-14-13(7-11)24-17(26)15(29-14)8-16(25)23-9-10-1-4-12(5-2-10)30(22,27)28/h1-7,15H,8-9H2,(H,23,25)(H,24,26)(H2,22,27,28)/t15-/m0/s1. The van der Waals surface area contributed by atoms with E-state index in [0.29, 0.717) is 10.5 Å². The maximum absolute atomic E-state index is 12.8. The van der Waals surface area contributed by atoms with E-state index in [4.69, 9.17) is 5.14 Å².